The number of benzene rings is 1. The van der Waals surface area contributed by atoms with Crippen LogP contribution in [0, 0.1) is 0 Å². The van der Waals surface area contributed by atoms with E-state index in [0.29, 0.717) is 0 Å². The van der Waals surface area contributed by atoms with E-state index in [1.54, 1.807) is 0 Å². The molecule has 0 saturated heterocycles. The Hall–Kier alpha value is -1.62. The van der Waals surface area contributed by atoms with Crippen LogP contribution in [0.25, 0.3) is 0 Å². The van der Waals surface area contributed by atoms with Gasteiger partial charge in [-0.15, -0.1) is 0 Å². The number of rotatable bonds is 3. The molecular formula is C15H19BrN4. The lowest BCUT2D eigenvalue weighted by Gasteiger charge is -2.19. The molecular weight excluding hydrogens is 316 g/mol. The molecule has 0 aliphatic rings. The number of nitrogens with zero attached hydrogens (tertiary/aromatic N) is 2. The number of nitrogens with one attached hydrogen (secondary N) is 2. The lowest BCUT2D eigenvalue weighted by Crippen LogP contribution is -2.17. The highest BCUT2D eigenvalue weighted by Crippen LogP contribution is 2.25. The van der Waals surface area contributed by atoms with Crippen LogP contribution < -0.4 is 10.6 Å². The van der Waals surface area contributed by atoms with E-state index in [1.807, 2.05) is 37.4 Å². The van der Waals surface area contributed by atoms with Crippen molar-refractivity contribution in [1.82, 2.24) is 9.97 Å². The van der Waals surface area contributed by atoms with Crippen LogP contribution in [-0.4, -0.2) is 17.0 Å². The van der Waals surface area contributed by atoms with E-state index in [2.05, 4.69) is 57.3 Å². The molecule has 4 nitrogen and oxygen atoms in total. The number of hydrogen-bond donors (Lipinski definition) is 2. The fourth-order valence-corrected chi connectivity index (χ4v) is 2.09. The van der Waals surface area contributed by atoms with E-state index in [9.17, 15) is 0 Å². The Morgan fingerprint density at radius 1 is 1.05 bits per heavy atom. The Kier molecular flexibility index (Phi) is 4.28. The van der Waals surface area contributed by atoms with E-state index in [4.69, 9.17) is 0 Å². The van der Waals surface area contributed by atoms with Crippen molar-refractivity contribution >= 4 is 33.3 Å². The van der Waals surface area contributed by atoms with Crippen LogP contribution in [0.4, 0.5) is 17.3 Å². The van der Waals surface area contributed by atoms with Crippen LogP contribution in [0.3, 0.4) is 0 Å². The zero-order valence-corrected chi connectivity index (χ0v) is 13.7. The molecule has 1 aromatic carbocycles. The largest absolute Gasteiger partial charge is 0.373 e. The molecule has 0 aliphatic carbocycles. The Morgan fingerprint density at radius 2 is 1.75 bits per heavy atom. The molecule has 0 fully saturated rings. The Labute approximate surface area is 128 Å². The summed E-state index contributed by atoms with van der Waals surface area (Å²) in [7, 11) is 1.86. The Bertz CT molecular complexity index is 605. The second-order valence-corrected chi connectivity index (χ2v) is 6.51. The van der Waals surface area contributed by atoms with Crippen molar-refractivity contribution in [3.8, 4) is 0 Å². The molecule has 2 N–H and O–H groups in total. The fraction of sp³-hybridized carbons (Fsp3) is 0.333. The van der Waals surface area contributed by atoms with Gasteiger partial charge < -0.3 is 10.6 Å². The van der Waals surface area contributed by atoms with Crippen molar-refractivity contribution in [2.75, 3.05) is 17.7 Å². The summed E-state index contributed by atoms with van der Waals surface area (Å²) in [6.07, 6.45) is 0. The summed E-state index contributed by atoms with van der Waals surface area (Å²) in [5, 5.41) is 6.39. The van der Waals surface area contributed by atoms with Gasteiger partial charge in [0.1, 0.15) is 17.5 Å². The molecule has 0 bridgehead atoms. The zero-order chi connectivity index (χ0) is 14.8. The first-order chi connectivity index (χ1) is 9.38. The average molecular weight is 335 g/mol. The maximum atomic E-state index is 4.60. The van der Waals surface area contributed by atoms with Gasteiger partial charge in [-0.2, -0.15) is 0 Å². The third-order valence-electron chi connectivity index (χ3n) is 2.75. The second-order valence-electron chi connectivity index (χ2n) is 5.60. The predicted molar refractivity (Wildman–Crippen MR) is 87.7 cm³/mol. The molecule has 1 heterocycles. The van der Waals surface area contributed by atoms with E-state index in [-0.39, 0.29) is 5.41 Å². The van der Waals surface area contributed by atoms with E-state index < -0.39 is 0 Å². The minimum Gasteiger partial charge on any atom is -0.373 e. The van der Waals surface area contributed by atoms with E-state index >= 15 is 0 Å². The van der Waals surface area contributed by atoms with Gasteiger partial charge in [-0.1, -0.05) is 42.8 Å². The second kappa shape index (κ2) is 5.79. The fourth-order valence-electron chi connectivity index (χ4n) is 1.69. The highest BCUT2D eigenvalue weighted by Gasteiger charge is 2.19. The van der Waals surface area contributed by atoms with E-state index in [1.165, 1.54) is 0 Å². The number of anilines is 3. The van der Waals surface area contributed by atoms with Gasteiger partial charge in [0.15, 0.2) is 0 Å². The summed E-state index contributed by atoms with van der Waals surface area (Å²) in [5.41, 5.74) is 0.889. The molecule has 0 unspecified atom stereocenters. The van der Waals surface area contributed by atoms with Crippen molar-refractivity contribution in [2.45, 2.75) is 26.2 Å². The van der Waals surface area contributed by atoms with Crippen molar-refractivity contribution < 1.29 is 0 Å². The van der Waals surface area contributed by atoms with Crippen LogP contribution in [0.15, 0.2) is 34.8 Å². The minimum atomic E-state index is -0.0967. The topological polar surface area (TPSA) is 49.8 Å². The Morgan fingerprint density at radius 3 is 2.35 bits per heavy atom. The Balaban J connectivity index is 2.36. The molecule has 20 heavy (non-hydrogen) atoms. The van der Waals surface area contributed by atoms with Crippen molar-refractivity contribution in [3.05, 3.63) is 40.6 Å². The standard InChI is InChI=1S/C15H19BrN4/c1-15(2,3)14-19-12(17-4)9-13(20-14)18-11-7-5-6-10(16)8-11/h5-9H,1-4H3,(H2,17,18,19,20). The lowest BCUT2D eigenvalue weighted by atomic mass is 9.96. The van der Waals surface area contributed by atoms with Crippen molar-refractivity contribution in [2.24, 2.45) is 0 Å². The van der Waals surface area contributed by atoms with Gasteiger partial charge in [-0.25, -0.2) is 9.97 Å². The molecule has 0 atom stereocenters. The highest BCUT2D eigenvalue weighted by molar-refractivity contribution is 9.10. The molecule has 5 heteroatoms. The van der Waals surface area contributed by atoms with Crippen LogP contribution in [0.2, 0.25) is 0 Å². The van der Waals surface area contributed by atoms with Gasteiger partial charge in [0.2, 0.25) is 0 Å². The summed E-state index contributed by atoms with van der Waals surface area (Å²) in [6, 6.07) is 9.89. The third-order valence-corrected chi connectivity index (χ3v) is 3.24. The number of hydrogen-bond acceptors (Lipinski definition) is 4. The minimum absolute atomic E-state index is 0.0967. The maximum Gasteiger partial charge on any atom is 0.138 e. The van der Waals surface area contributed by atoms with Crippen LogP contribution in [0.5, 0.6) is 0 Å². The van der Waals surface area contributed by atoms with Gasteiger partial charge >= 0.3 is 0 Å². The first kappa shape index (κ1) is 14.8. The van der Waals surface area contributed by atoms with Crippen molar-refractivity contribution in [3.63, 3.8) is 0 Å². The summed E-state index contributed by atoms with van der Waals surface area (Å²) in [6.45, 7) is 6.31. The highest BCUT2D eigenvalue weighted by atomic mass is 79.9. The van der Waals surface area contributed by atoms with Crippen LogP contribution >= 0.6 is 15.9 Å². The summed E-state index contributed by atoms with van der Waals surface area (Å²) < 4.78 is 1.03. The summed E-state index contributed by atoms with van der Waals surface area (Å²) >= 11 is 3.46. The van der Waals surface area contributed by atoms with Gasteiger partial charge in [0.25, 0.3) is 0 Å². The predicted octanol–water partition coefficient (Wildman–Crippen LogP) is 4.32. The van der Waals surface area contributed by atoms with Gasteiger partial charge in [0, 0.05) is 28.7 Å². The maximum absolute atomic E-state index is 4.60. The van der Waals surface area contributed by atoms with E-state index in [0.717, 1.165) is 27.6 Å². The lowest BCUT2D eigenvalue weighted by molar-refractivity contribution is 0.547. The first-order valence-electron chi connectivity index (χ1n) is 6.48. The molecule has 0 amide bonds. The molecule has 0 aliphatic heterocycles. The zero-order valence-electron chi connectivity index (χ0n) is 12.2. The third kappa shape index (κ3) is 3.70. The molecule has 1 aromatic heterocycles. The average Bonchev–Trinajstić information content (AvgIpc) is 2.37. The van der Waals surface area contributed by atoms with Gasteiger partial charge in [0.05, 0.1) is 0 Å². The van der Waals surface area contributed by atoms with Gasteiger partial charge in [-0.05, 0) is 18.2 Å². The first-order valence-corrected chi connectivity index (χ1v) is 7.28. The van der Waals surface area contributed by atoms with Crippen LogP contribution in [-0.2, 0) is 5.41 Å². The molecule has 2 rings (SSSR count). The summed E-state index contributed by atoms with van der Waals surface area (Å²) in [4.78, 5) is 9.11. The van der Waals surface area contributed by atoms with Crippen molar-refractivity contribution in [1.29, 1.82) is 0 Å². The number of aromatic nitrogens is 2. The SMILES string of the molecule is CNc1cc(Nc2cccc(Br)c2)nc(C(C)(C)C)n1. The molecule has 0 spiro atoms. The van der Waals surface area contributed by atoms with Gasteiger partial charge in [-0.3, -0.25) is 0 Å². The summed E-state index contributed by atoms with van der Waals surface area (Å²) in [5.74, 6) is 2.40. The molecule has 106 valence electrons. The normalized spacial score (nSPS) is 11.2. The molecule has 0 saturated carbocycles. The quantitative estimate of drug-likeness (QED) is 0.877. The molecule has 2 aromatic rings. The number of halogens is 1. The molecule has 0 radical (unpaired) electrons. The smallest absolute Gasteiger partial charge is 0.138 e. The monoisotopic (exact) mass is 334 g/mol. The van der Waals surface area contributed by atoms with Crippen LogP contribution in [0.1, 0.15) is 26.6 Å².